The smallest absolute Gasteiger partial charge is 0.321 e. The van der Waals surface area contributed by atoms with Crippen LogP contribution in [0.3, 0.4) is 0 Å². The van der Waals surface area contributed by atoms with E-state index in [0.29, 0.717) is 12.2 Å². The number of hydrogen-bond donors (Lipinski definition) is 1. The average Bonchev–Trinajstić information content (AvgIpc) is 3.37. The lowest BCUT2D eigenvalue weighted by molar-refractivity contribution is 0.218. The van der Waals surface area contributed by atoms with Crippen molar-refractivity contribution in [2.45, 2.75) is 23.2 Å². The summed E-state index contributed by atoms with van der Waals surface area (Å²) in [4.78, 5) is 14.9. The van der Waals surface area contributed by atoms with Crippen molar-refractivity contribution in [2.24, 2.45) is 0 Å². The fourth-order valence-electron chi connectivity index (χ4n) is 2.96. The maximum Gasteiger partial charge on any atom is 0.321 e. The minimum atomic E-state index is -1.01. The summed E-state index contributed by atoms with van der Waals surface area (Å²) < 4.78 is 11.4. The monoisotopic (exact) mass is 342 g/mol. The predicted molar refractivity (Wildman–Crippen MR) is 97.8 cm³/mol. The summed E-state index contributed by atoms with van der Waals surface area (Å²) in [6.07, 6.45) is 3.87. The molecule has 2 aromatic rings. The van der Waals surface area contributed by atoms with Gasteiger partial charge in [0.15, 0.2) is 0 Å². The van der Waals surface area contributed by atoms with Crippen LogP contribution in [0.5, 0.6) is 0 Å². The molecule has 1 atom stereocenters. The van der Waals surface area contributed by atoms with Gasteiger partial charge in [-0.1, -0.05) is 30.3 Å². The number of hydrogen-bond acceptors (Lipinski definition) is 2. The van der Waals surface area contributed by atoms with E-state index in [2.05, 4.69) is 29.6 Å². The molecule has 1 fully saturated rings. The Labute approximate surface area is 145 Å². The second-order valence-corrected chi connectivity index (χ2v) is 7.79. The fourth-order valence-corrected chi connectivity index (χ4v) is 3.47. The van der Waals surface area contributed by atoms with Crippen molar-refractivity contribution >= 4 is 22.5 Å². The topological polar surface area (TPSA) is 49.4 Å². The molecule has 1 aliphatic rings. The highest BCUT2D eigenvalue weighted by atomic mass is 32.2. The first kappa shape index (κ1) is 16.7. The molecule has 0 aromatic heterocycles. The first-order valence-corrected chi connectivity index (χ1v) is 9.57. The molecule has 5 heteroatoms. The van der Waals surface area contributed by atoms with Gasteiger partial charge in [0.05, 0.1) is 0 Å². The van der Waals surface area contributed by atoms with Gasteiger partial charge in [0, 0.05) is 46.6 Å². The Morgan fingerprint density at radius 3 is 2.29 bits per heavy atom. The Hall–Kier alpha value is -2.14. The number of nitrogens with zero attached hydrogens (tertiary/aromatic N) is 1. The molecular weight excluding hydrogens is 320 g/mol. The summed E-state index contributed by atoms with van der Waals surface area (Å²) in [5.74, 6) is 0. The van der Waals surface area contributed by atoms with Gasteiger partial charge in [0.1, 0.15) is 0 Å². The second kappa shape index (κ2) is 6.77. The van der Waals surface area contributed by atoms with Gasteiger partial charge in [0.25, 0.3) is 0 Å². The van der Waals surface area contributed by atoms with Crippen LogP contribution in [-0.4, -0.2) is 35.0 Å². The van der Waals surface area contributed by atoms with Crippen molar-refractivity contribution in [2.75, 3.05) is 25.2 Å². The number of urea groups is 1. The average molecular weight is 342 g/mol. The van der Waals surface area contributed by atoms with E-state index in [-0.39, 0.29) is 11.4 Å². The Kier molecular flexibility index (Phi) is 4.71. The van der Waals surface area contributed by atoms with Crippen LogP contribution in [0, 0.1) is 0 Å². The Morgan fingerprint density at radius 1 is 1.12 bits per heavy atom. The highest BCUT2D eigenvalue weighted by molar-refractivity contribution is 7.84. The van der Waals surface area contributed by atoms with E-state index in [4.69, 9.17) is 0 Å². The fraction of sp³-hybridized carbons (Fsp3) is 0.316. The van der Waals surface area contributed by atoms with Gasteiger partial charge in [-0.2, -0.15) is 0 Å². The maximum absolute atomic E-state index is 12.4. The molecular formula is C19H22N2O2S. The van der Waals surface area contributed by atoms with E-state index in [1.54, 1.807) is 35.4 Å². The van der Waals surface area contributed by atoms with E-state index in [0.717, 1.165) is 17.7 Å². The molecule has 126 valence electrons. The van der Waals surface area contributed by atoms with E-state index >= 15 is 0 Å². The van der Waals surface area contributed by atoms with E-state index in [9.17, 15) is 9.00 Å². The summed E-state index contributed by atoms with van der Waals surface area (Å²) in [6, 6.07) is 17.4. The molecule has 1 N–H and O–H groups in total. The zero-order valence-corrected chi connectivity index (χ0v) is 14.8. The summed E-state index contributed by atoms with van der Waals surface area (Å²) in [5, 5.41) is 2.90. The molecule has 3 rings (SSSR count). The molecule has 24 heavy (non-hydrogen) atoms. The first-order chi connectivity index (χ1) is 11.5. The zero-order chi connectivity index (χ0) is 17.2. The van der Waals surface area contributed by atoms with E-state index in [1.807, 2.05) is 13.1 Å². The lowest BCUT2D eigenvalue weighted by atomic mass is 9.95. The third-order valence-corrected chi connectivity index (χ3v) is 5.50. The molecule has 1 aliphatic carbocycles. The van der Waals surface area contributed by atoms with Crippen molar-refractivity contribution in [3.8, 4) is 0 Å². The van der Waals surface area contributed by atoms with Crippen molar-refractivity contribution in [3.63, 3.8) is 0 Å². The molecule has 2 amide bonds. The summed E-state index contributed by atoms with van der Waals surface area (Å²) >= 11 is 0. The third kappa shape index (κ3) is 3.67. The van der Waals surface area contributed by atoms with Gasteiger partial charge >= 0.3 is 6.03 Å². The number of carbonyl (C=O) groups excluding carboxylic acids is 1. The van der Waals surface area contributed by atoms with Crippen molar-refractivity contribution < 1.29 is 9.00 Å². The van der Waals surface area contributed by atoms with Crippen LogP contribution in [0.15, 0.2) is 59.5 Å². The molecule has 0 saturated heterocycles. The Balaban J connectivity index is 1.62. The van der Waals surface area contributed by atoms with Crippen molar-refractivity contribution in [1.29, 1.82) is 0 Å². The standard InChI is InChI=1S/C19H22N2O2S/c1-21(14-19(12-13-19)15-6-4-3-5-7-15)18(22)20-16-8-10-17(11-9-16)24(2)23/h3-11H,12-14H2,1-2H3,(H,20,22)/t24-/m0/s1. The maximum atomic E-state index is 12.4. The number of amides is 2. The van der Waals surface area contributed by atoms with Crippen LogP contribution < -0.4 is 5.32 Å². The normalized spacial score (nSPS) is 16.2. The predicted octanol–water partition coefficient (Wildman–Crippen LogP) is 3.62. The SMILES string of the molecule is CN(CC1(c2ccccc2)CC1)C(=O)Nc1ccc([S@](C)=O)cc1. The number of rotatable bonds is 5. The number of benzene rings is 2. The van der Waals surface area contributed by atoms with Gasteiger partial charge < -0.3 is 10.2 Å². The number of likely N-dealkylation sites (N-methyl/N-ethyl adjacent to an activating group) is 1. The minimum Gasteiger partial charge on any atom is -0.327 e. The molecule has 1 saturated carbocycles. The molecule has 0 aliphatic heterocycles. The summed E-state index contributed by atoms with van der Waals surface area (Å²) in [5.41, 5.74) is 2.13. The molecule has 0 radical (unpaired) electrons. The number of nitrogens with one attached hydrogen (secondary N) is 1. The molecule has 4 nitrogen and oxygen atoms in total. The summed E-state index contributed by atoms with van der Waals surface area (Å²) in [6.45, 7) is 0.708. The molecule has 0 unspecified atom stereocenters. The van der Waals surface area contributed by atoms with Gasteiger partial charge in [0.2, 0.25) is 0 Å². The van der Waals surface area contributed by atoms with Gasteiger partial charge in [-0.3, -0.25) is 4.21 Å². The summed E-state index contributed by atoms with van der Waals surface area (Å²) in [7, 11) is 0.819. The molecule has 0 spiro atoms. The molecule has 2 aromatic carbocycles. The van der Waals surface area contributed by atoms with Gasteiger partial charge in [-0.05, 0) is 42.7 Å². The first-order valence-electron chi connectivity index (χ1n) is 8.01. The van der Waals surface area contributed by atoms with Gasteiger partial charge in [-0.15, -0.1) is 0 Å². The molecule has 0 bridgehead atoms. The van der Waals surface area contributed by atoms with Crippen LogP contribution in [-0.2, 0) is 16.2 Å². The Bertz CT molecular complexity index is 740. The van der Waals surface area contributed by atoms with Crippen LogP contribution >= 0.6 is 0 Å². The zero-order valence-electron chi connectivity index (χ0n) is 14.0. The Morgan fingerprint density at radius 2 is 1.75 bits per heavy atom. The largest absolute Gasteiger partial charge is 0.327 e. The quantitative estimate of drug-likeness (QED) is 0.902. The highest BCUT2D eigenvalue weighted by Gasteiger charge is 2.45. The minimum absolute atomic E-state index is 0.107. The van der Waals surface area contributed by atoms with Crippen molar-refractivity contribution in [1.82, 2.24) is 4.90 Å². The second-order valence-electron chi connectivity index (χ2n) is 6.41. The lowest BCUT2D eigenvalue weighted by Crippen LogP contribution is -2.37. The van der Waals surface area contributed by atoms with Crippen LogP contribution in [0.4, 0.5) is 10.5 Å². The highest BCUT2D eigenvalue weighted by Crippen LogP contribution is 2.48. The van der Waals surface area contributed by atoms with E-state index < -0.39 is 10.8 Å². The van der Waals surface area contributed by atoms with Gasteiger partial charge in [-0.25, -0.2) is 4.79 Å². The van der Waals surface area contributed by atoms with Crippen LogP contribution in [0.25, 0.3) is 0 Å². The van der Waals surface area contributed by atoms with Crippen molar-refractivity contribution in [3.05, 3.63) is 60.2 Å². The number of carbonyl (C=O) groups is 1. The van der Waals surface area contributed by atoms with E-state index in [1.165, 1.54) is 5.56 Å². The van der Waals surface area contributed by atoms with Crippen LogP contribution in [0.1, 0.15) is 18.4 Å². The van der Waals surface area contributed by atoms with Crippen LogP contribution in [0.2, 0.25) is 0 Å². The third-order valence-electron chi connectivity index (χ3n) is 4.56. The number of anilines is 1. The lowest BCUT2D eigenvalue weighted by Gasteiger charge is -2.24. The molecule has 0 heterocycles.